The number of hydrogen-bond acceptors (Lipinski definition) is 5. The summed E-state index contributed by atoms with van der Waals surface area (Å²) >= 11 is 1.27. The fraction of sp³-hybridized carbons (Fsp3) is 0.300. The molecule has 0 saturated heterocycles. The molecule has 1 rings (SSSR count). The van der Waals surface area contributed by atoms with Crippen molar-refractivity contribution in [1.29, 1.82) is 0 Å². The van der Waals surface area contributed by atoms with Crippen LogP contribution in [0.3, 0.4) is 0 Å². The van der Waals surface area contributed by atoms with Crippen LogP contribution in [-0.2, 0) is 20.7 Å². The first-order valence-electron chi connectivity index (χ1n) is 4.57. The van der Waals surface area contributed by atoms with Crippen LogP contribution >= 0.6 is 11.3 Å². The van der Waals surface area contributed by atoms with Crippen LogP contribution in [0.5, 0.6) is 0 Å². The fourth-order valence-electron chi connectivity index (χ4n) is 0.967. The molecule has 0 aliphatic heterocycles. The van der Waals surface area contributed by atoms with E-state index in [2.05, 4.69) is 21.6 Å². The van der Waals surface area contributed by atoms with Gasteiger partial charge in [0.05, 0.1) is 19.2 Å². The summed E-state index contributed by atoms with van der Waals surface area (Å²) in [4.78, 5) is 26.2. The van der Waals surface area contributed by atoms with Gasteiger partial charge in [0.1, 0.15) is 0 Å². The summed E-state index contributed by atoms with van der Waals surface area (Å²) in [6.07, 6.45) is 1.87. The lowest BCUT2D eigenvalue weighted by Crippen LogP contribution is -2.10. The molecule has 0 saturated carbocycles. The third kappa shape index (κ3) is 3.82. The van der Waals surface area contributed by atoms with E-state index in [1.54, 1.807) is 5.38 Å². The highest BCUT2D eigenvalue weighted by Crippen LogP contribution is 2.16. The van der Waals surface area contributed by atoms with E-state index in [9.17, 15) is 9.59 Å². The molecule has 5 nitrogen and oxygen atoms in total. The van der Waals surface area contributed by atoms with Crippen molar-refractivity contribution < 1.29 is 14.3 Å². The Kier molecular flexibility index (Phi) is 4.65. The average Bonchev–Trinajstić information content (AvgIpc) is 2.65. The van der Waals surface area contributed by atoms with Crippen LogP contribution in [0, 0.1) is 0 Å². The Labute approximate surface area is 97.1 Å². The van der Waals surface area contributed by atoms with E-state index in [0.717, 1.165) is 0 Å². The number of rotatable bonds is 5. The Morgan fingerprint density at radius 1 is 1.69 bits per heavy atom. The SMILES string of the molecule is C=CCC(=O)Nc1nc(CC(=O)OC)cs1. The maximum atomic E-state index is 11.2. The standard InChI is InChI=1S/C10H12N2O3S/c1-3-4-8(13)12-10-11-7(6-16-10)5-9(14)15-2/h3,6H,1,4-5H2,2H3,(H,11,12,13). The van der Waals surface area contributed by atoms with Gasteiger partial charge in [0, 0.05) is 11.8 Å². The van der Waals surface area contributed by atoms with Gasteiger partial charge in [-0.2, -0.15) is 0 Å². The van der Waals surface area contributed by atoms with Gasteiger partial charge in [-0.1, -0.05) is 6.08 Å². The molecule has 1 heterocycles. The molecule has 0 aromatic carbocycles. The summed E-state index contributed by atoms with van der Waals surface area (Å²) in [6.45, 7) is 3.46. The number of ether oxygens (including phenoxy) is 1. The molecule has 0 aliphatic carbocycles. The van der Waals surface area contributed by atoms with Gasteiger partial charge in [0.2, 0.25) is 5.91 Å². The van der Waals surface area contributed by atoms with Crippen molar-refractivity contribution in [3.8, 4) is 0 Å². The van der Waals surface area contributed by atoms with Gasteiger partial charge in [-0.05, 0) is 0 Å². The van der Waals surface area contributed by atoms with Gasteiger partial charge in [0.25, 0.3) is 0 Å². The molecule has 6 heteroatoms. The lowest BCUT2D eigenvalue weighted by Gasteiger charge is -1.97. The fourth-order valence-corrected chi connectivity index (χ4v) is 1.69. The van der Waals surface area contributed by atoms with Gasteiger partial charge in [-0.15, -0.1) is 17.9 Å². The van der Waals surface area contributed by atoms with Crippen LogP contribution in [0.1, 0.15) is 12.1 Å². The molecular weight excluding hydrogens is 228 g/mol. The molecule has 1 aromatic heterocycles. The zero-order valence-electron chi connectivity index (χ0n) is 8.86. The first kappa shape index (κ1) is 12.4. The van der Waals surface area contributed by atoms with Crippen LogP contribution < -0.4 is 5.32 Å². The third-order valence-electron chi connectivity index (χ3n) is 1.68. The summed E-state index contributed by atoms with van der Waals surface area (Å²) in [5.74, 6) is -0.525. The number of methoxy groups -OCH3 is 1. The second kappa shape index (κ2) is 6.02. The molecule has 0 atom stereocenters. The second-order valence-electron chi connectivity index (χ2n) is 2.94. The molecule has 1 N–H and O–H groups in total. The number of carbonyl (C=O) groups excluding carboxylic acids is 2. The van der Waals surface area contributed by atoms with E-state index < -0.39 is 0 Å². The number of hydrogen-bond donors (Lipinski definition) is 1. The monoisotopic (exact) mass is 240 g/mol. The van der Waals surface area contributed by atoms with Gasteiger partial charge >= 0.3 is 5.97 Å². The summed E-state index contributed by atoms with van der Waals surface area (Å²) in [7, 11) is 1.32. The van der Waals surface area contributed by atoms with Gasteiger partial charge in [-0.25, -0.2) is 4.98 Å². The number of esters is 1. The number of nitrogens with zero attached hydrogens (tertiary/aromatic N) is 1. The highest BCUT2D eigenvalue weighted by molar-refractivity contribution is 7.13. The summed E-state index contributed by atoms with van der Waals surface area (Å²) in [6, 6.07) is 0. The minimum atomic E-state index is -0.353. The Bertz CT molecular complexity index is 401. The van der Waals surface area contributed by atoms with Gasteiger partial charge < -0.3 is 10.1 Å². The minimum Gasteiger partial charge on any atom is -0.469 e. The molecule has 0 radical (unpaired) electrons. The second-order valence-corrected chi connectivity index (χ2v) is 3.80. The molecule has 0 unspecified atom stereocenters. The van der Waals surface area contributed by atoms with Crippen LogP contribution in [-0.4, -0.2) is 24.0 Å². The largest absolute Gasteiger partial charge is 0.469 e. The number of anilines is 1. The molecule has 86 valence electrons. The van der Waals surface area contributed by atoms with Gasteiger partial charge in [0.15, 0.2) is 5.13 Å². The van der Waals surface area contributed by atoms with Crippen molar-refractivity contribution >= 4 is 28.3 Å². The highest BCUT2D eigenvalue weighted by Gasteiger charge is 2.08. The van der Waals surface area contributed by atoms with Crippen molar-refractivity contribution in [2.45, 2.75) is 12.8 Å². The van der Waals surface area contributed by atoms with Crippen LogP contribution in [0.15, 0.2) is 18.0 Å². The average molecular weight is 240 g/mol. The van der Waals surface area contributed by atoms with Crippen molar-refractivity contribution in [2.24, 2.45) is 0 Å². The smallest absolute Gasteiger partial charge is 0.311 e. The first-order valence-corrected chi connectivity index (χ1v) is 5.45. The first-order chi connectivity index (χ1) is 7.65. The summed E-state index contributed by atoms with van der Waals surface area (Å²) < 4.78 is 4.51. The van der Waals surface area contributed by atoms with Crippen LogP contribution in [0.25, 0.3) is 0 Å². The number of nitrogens with one attached hydrogen (secondary N) is 1. The lowest BCUT2D eigenvalue weighted by molar-refractivity contribution is -0.139. The van der Waals surface area contributed by atoms with E-state index in [1.807, 2.05) is 0 Å². The van der Waals surface area contributed by atoms with E-state index in [0.29, 0.717) is 10.8 Å². The molecule has 0 bridgehead atoms. The van der Waals surface area contributed by atoms with Crippen molar-refractivity contribution in [2.75, 3.05) is 12.4 Å². The molecule has 0 fully saturated rings. The minimum absolute atomic E-state index is 0.115. The molecule has 1 aromatic rings. The topological polar surface area (TPSA) is 68.3 Å². The molecule has 0 aliphatic rings. The predicted octanol–water partition coefficient (Wildman–Crippen LogP) is 1.37. The third-order valence-corrected chi connectivity index (χ3v) is 2.49. The Morgan fingerprint density at radius 2 is 2.44 bits per heavy atom. The van der Waals surface area contributed by atoms with E-state index >= 15 is 0 Å². The summed E-state index contributed by atoms with van der Waals surface area (Å²) in [5.41, 5.74) is 0.589. The number of aromatic nitrogens is 1. The number of amides is 1. The molecule has 0 spiro atoms. The maximum Gasteiger partial charge on any atom is 0.311 e. The Morgan fingerprint density at radius 3 is 3.06 bits per heavy atom. The van der Waals surface area contributed by atoms with Crippen LogP contribution in [0.4, 0.5) is 5.13 Å². The van der Waals surface area contributed by atoms with Crippen molar-refractivity contribution in [3.63, 3.8) is 0 Å². The normalized spacial score (nSPS) is 9.56. The quantitative estimate of drug-likeness (QED) is 0.623. The highest BCUT2D eigenvalue weighted by atomic mass is 32.1. The maximum absolute atomic E-state index is 11.2. The number of thiazole rings is 1. The number of carbonyl (C=O) groups is 2. The molecular formula is C10H12N2O3S. The van der Waals surface area contributed by atoms with E-state index in [4.69, 9.17) is 0 Å². The van der Waals surface area contributed by atoms with Crippen molar-refractivity contribution in [1.82, 2.24) is 4.98 Å². The Balaban J connectivity index is 2.54. The van der Waals surface area contributed by atoms with Crippen LogP contribution in [0.2, 0.25) is 0 Å². The zero-order valence-corrected chi connectivity index (χ0v) is 9.67. The van der Waals surface area contributed by atoms with Gasteiger partial charge in [-0.3, -0.25) is 9.59 Å². The predicted molar refractivity (Wildman–Crippen MR) is 61.3 cm³/mol. The lowest BCUT2D eigenvalue weighted by atomic mass is 10.3. The van der Waals surface area contributed by atoms with Crippen molar-refractivity contribution in [3.05, 3.63) is 23.7 Å². The van der Waals surface area contributed by atoms with E-state index in [-0.39, 0.29) is 24.7 Å². The zero-order chi connectivity index (χ0) is 12.0. The molecule has 1 amide bonds. The Hall–Kier alpha value is -1.69. The van der Waals surface area contributed by atoms with E-state index in [1.165, 1.54) is 24.5 Å². The molecule has 16 heavy (non-hydrogen) atoms. The summed E-state index contributed by atoms with van der Waals surface area (Å²) in [5, 5.41) is 4.79.